The molecule has 10 nitrogen and oxygen atoms in total. The first-order valence-electron chi connectivity index (χ1n) is 10.4. The molecule has 0 spiro atoms. The number of nitro groups is 1. The van der Waals surface area contributed by atoms with E-state index in [1.54, 1.807) is 23.7 Å². The molecule has 0 unspecified atom stereocenters. The maximum Gasteiger partial charge on any atom is 0.270 e. The van der Waals surface area contributed by atoms with Gasteiger partial charge in [0.25, 0.3) is 11.6 Å². The lowest BCUT2D eigenvalue weighted by atomic mass is 10.0. The van der Waals surface area contributed by atoms with Crippen molar-refractivity contribution in [2.75, 3.05) is 11.1 Å². The van der Waals surface area contributed by atoms with Gasteiger partial charge in [0.1, 0.15) is 0 Å². The molecule has 35 heavy (non-hydrogen) atoms. The van der Waals surface area contributed by atoms with Crippen LogP contribution in [0.5, 0.6) is 0 Å². The van der Waals surface area contributed by atoms with Crippen molar-refractivity contribution in [1.82, 2.24) is 20.1 Å². The third-order valence-corrected chi connectivity index (χ3v) is 6.52. The third-order valence-electron chi connectivity index (χ3n) is 4.96. The Labute approximate surface area is 215 Å². The summed E-state index contributed by atoms with van der Waals surface area (Å²) in [5, 5.41) is 26.3. The lowest BCUT2D eigenvalue weighted by molar-refractivity contribution is -0.384. The van der Waals surface area contributed by atoms with Crippen molar-refractivity contribution in [3.63, 3.8) is 0 Å². The fourth-order valence-electron chi connectivity index (χ4n) is 3.14. The van der Waals surface area contributed by atoms with Gasteiger partial charge < -0.3 is 15.2 Å². The smallest absolute Gasteiger partial charge is 0.270 e. The molecule has 0 saturated carbocycles. The first kappa shape index (κ1) is 26.5. The molecule has 0 radical (unpaired) electrons. The maximum absolute atomic E-state index is 12.8. The largest absolute Gasteiger partial charge is 0.342 e. The minimum Gasteiger partial charge on any atom is -0.342 e. The van der Waals surface area contributed by atoms with Crippen LogP contribution in [0.25, 0.3) is 0 Å². The van der Waals surface area contributed by atoms with Crippen LogP contribution in [0, 0.1) is 16.0 Å². The van der Waals surface area contributed by atoms with E-state index >= 15 is 0 Å². The maximum atomic E-state index is 12.8. The van der Waals surface area contributed by atoms with Crippen molar-refractivity contribution < 1.29 is 14.5 Å². The van der Waals surface area contributed by atoms with Gasteiger partial charge in [0.15, 0.2) is 11.0 Å². The van der Waals surface area contributed by atoms with Crippen molar-refractivity contribution in [1.29, 1.82) is 0 Å². The number of amides is 2. The van der Waals surface area contributed by atoms with Gasteiger partial charge in [-0.15, -0.1) is 10.2 Å². The second-order valence-corrected chi connectivity index (χ2v) is 9.65. The summed E-state index contributed by atoms with van der Waals surface area (Å²) in [7, 11) is 1.74. The Hall–Kier alpha value is -3.15. The van der Waals surface area contributed by atoms with Gasteiger partial charge in [-0.25, -0.2) is 0 Å². The number of nitrogens with one attached hydrogen (secondary N) is 2. The van der Waals surface area contributed by atoms with E-state index in [9.17, 15) is 19.7 Å². The predicted molar refractivity (Wildman–Crippen MR) is 135 cm³/mol. The average Bonchev–Trinajstić information content (AvgIpc) is 3.17. The molecule has 184 valence electrons. The number of thioether (sulfide) groups is 1. The molecule has 2 amide bonds. The Kier molecular flexibility index (Phi) is 8.71. The second kappa shape index (κ2) is 11.5. The predicted octanol–water partition coefficient (Wildman–Crippen LogP) is 4.89. The molecule has 0 saturated heterocycles. The number of hydrogen-bond acceptors (Lipinski definition) is 7. The Morgan fingerprint density at radius 1 is 1.17 bits per heavy atom. The number of benzene rings is 2. The van der Waals surface area contributed by atoms with E-state index < -0.39 is 16.9 Å². The molecule has 1 heterocycles. The summed E-state index contributed by atoms with van der Waals surface area (Å²) in [6.45, 7) is 3.81. The highest BCUT2D eigenvalue weighted by atomic mass is 35.5. The summed E-state index contributed by atoms with van der Waals surface area (Å²) in [4.78, 5) is 35.6. The van der Waals surface area contributed by atoms with Crippen molar-refractivity contribution in [2.45, 2.75) is 25.0 Å². The van der Waals surface area contributed by atoms with Crippen LogP contribution in [0.3, 0.4) is 0 Å². The van der Waals surface area contributed by atoms with Gasteiger partial charge in [0.05, 0.1) is 27.4 Å². The van der Waals surface area contributed by atoms with Crippen molar-refractivity contribution in [3.05, 3.63) is 74.0 Å². The minimum absolute atomic E-state index is 0.0529. The average molecular weight is 537 g/mol. The fraction of sp³-hybridized carbons (Fsp3) is 0.273. The zero-order valence-corrected chi connectivity index (χ0v) is 21.3. The summed E-state index contributed by atoms with van der Waals surface area (Å²) in [5.41, 5.74) is 0.442. The van der Waals surface area contributed by atoms with Crippen LogP contribution in [-0.4, -0.2) is 37.3 Å². The second-order valence-electron chi connectivity index (χ2n) is 7.86. The highest BCUT2D eigenvalue weighted by molar-refractivity contribution is 7.99. The van der Waals surface area contributed by atoms with E-state index in [1.165, 1.54) is 42.1 Å². The van der Waals surface area contributed by atoms with Crippen molar-refractivity contribution in [2.24, 2.45) is 13.0 Å². The molecule has 0 aliphatic heterocycles. The molecule has 3 rings (SSSR count). The zero-order chi connectivity index (χ0) is 25.7. The van der Waals surface area contributed by atoms with E-state index in [4.69, 9.17) is 23.2 Å². The lowest BCUT2D eigenvalue weighted by Gasteiger charge is -2.21. The quantitative estimate of drug-likeness (QED) is 0.226. The van der Waals surface area contributed by atoms with Gasteiger partial charge in [-0.2, -0.15) is 0 Å². The van der Waals surface area contributed by atoms with Crippen LogP contribution >= 0.6 is 35.0 Å². The fourth-order valence-corrected chi connectivity index (χ4v) is 4.32. The van der Waals surface area contributed by atoms with Crippen LogP contribution in [0.1, 0.15) is 36.1 Å². The molecule has 0 fully saturated rings. The van der Waals surface area contributed by atoms with Crippen molar-refractivity contribution in [3.8, 4) is 0 Å². The normalized spacial score (nSPS) is 11.8. The van der Waals surface area contributed by atoms with Gasteiger partial charge in [-0.3, -0.25) is 19.7 Å². The molecule has 0 bridgehead atoms. The molecule has 0 aliphatic carbocycles. The van der Waals surface area contributed by atoms with Crippen LogP contribution in [0.4, 0.5) is 11.4 Å². The van der Waals surface area contributed by atoms with E-state index in [0.29, 0.717) is 26.7 Å². The first-order valence-corrected chi connectivity index (χ1v) is 12.1. The summed E-state index contributed by atoms with van der Waals surface area (Å²) < 4.78 is 1.70. The van der Waals surface area contributed by atoms with Gasteiger partial charge in [0, 0.05) is 29.8 Å². The Bertz CT molecular complexity index is 1270. The molecular weight excluding hydrogens is 515 g/mol. The highest BCUT2D eigenvalue weighted by Gasteiger charge is 2.26. The number of anilines is 1. The SMILES string of the molecule is CC(C)[C@H](NC(=O)c1cccc([N+](=O)[O-])c1)c1nnc(SCC(=O)Nc2ccc(Cl)cc2Cl)n1C. The molecular formula is C22H22Cl2N6O4S. The minimum atomic E-state index is -0.556. The molecule has 0 aliphatic rings. The number of halogens is 2. The molecule has 1 aromatic heterocycles. The number of hydrogen-bond donors (Lipinski definition) is 2. The van der Waals surface area contributed by atoms with Crippen LogP contribution in [0.15, 0.2) is 47.6 Å². The number of carbonyl (C=O) groups excluding carboxylic acids is 2. The summed E-state index contributed by atoms with van der Waals surface area (Å²) in [5.74, 6) is -0.278. The number of nitro benzene ring substituents is 1. The number of nitrogens with zero attached hydrogens (tertiary/aromatic N) is 4. The monoisotopic (exact) mass is 536 g/mol. The Morgan fingerprint density at radius 2 is 1.91 bits per heavy atom. The molecule has 1 atom stereocenters. The van der Waals surface area contributed by atoms with E-state index in [-0.39, 0.29) is 28.8 Å². The number of rotatable bonds is 9. The van der Waals surface area contributed by atoms with Gasteiger partial charge >= 0.3 is 0 Å². The van der Waals surface area contributed by atoms with Crippen LogP contribution in [0.2, 0.25) is 10.0 Å². The molecule has 2 N–H and O–H groups in total. The Balaban J connectivity index is 1.69. The number of carbonyl (C=O) groups is 2. The summed E-state index contributed by atoms with van der Waals surface area (Å²) >= 11 is 13.1. The van der Waals surface area contributed by atoms with Gasteiger partial charge in [-0.05, 0) is 30.2 Å². The zero-order valence-electron chi connectivity index (χ0n) is 19.0. The van der Waals surface area contributed by atoms with E-state index in [2.05, 4.69) is 20.8 Å². The number of non-ortho nitro benzene ring substituents is 1. The van der Waals surface area contributed by atoms with Crippen LogP contribution in [-0.2, 0) is 11.8 Å². The first-order chi connectivity index (χ1) is 16.6. The van der Waals surface area contributed by atoms with Crippen molar-refractivity contribution >= 4 is 58.2 Å². The molecule has 13 heteroatoms. The summed E-state index contributed by atoms with van der Waals surface area (Å²) in [6.07, 6.45) is 0. The van der Waals surface area contributed by atoms with Gasteiger partial charge in [-0.1, -0.05) is 54.9 Å². The van der Waals surface area contributed by atoms with E-state index in [1.807, 2.05) is 13.8 Å². The Morgan fingerprint density at radius 3 is 2.57 bits per heavy atom. The summed E-state index contributed by atoms with van der Waals surface area (Å²) in [6, 6.07) is 9.75. The number of aromatic nitrogens is 3. The van der Waals surface area contributed by atoms with Gasteiger partial charge in [0.2, 0.25) is 5.91 Å². The van der Waals surface area contributed by atoms with Crippen LogP contribution < -0.4 is 10.6 Å². The lowest BCUT2D eigenvalue weighted by Crippen LogP contribution is -2.33. The third kappa shape index (κ3) is 6.71. The molecule has 3 aromatic rings. The standard InChI is InChI=1S/C22H22Cl2N6O4S/c1-12(2)19(26-21(32)13-5-4-6-15(9-13)30(33)34)20-27-28-22(29(20)3)35-11-18(31)25-17-8-7-14(23)10-16(17)24/h4-10,12,19H,11H2,1-3H3,(H,25,31)(H,26,32)/t19-/m0/s1. The van der Waals surface area contributed by atoms with E-state index in [0.717, 1.165) is 0 Å². The molecule has 2 aromatic carbocycles. The topological polar surface area (TPSA) is 132 Å². The highest BCUT2D eigenvalue weighted by Crippen LogP contribution is 2.27.